The van der Waals surface area contributed by atoms with Gasteiger partial charge >= 0.3 is 0 Å². The van der Waals surface area contributed by atoms with E-state index in [0.717, 1.165) is 21.3 Å². The SMILES string of the molecule is C=CCn1c(SCc2ccccc2Cl)nnc1-c1cc(OC)c(OC)c(OC)c1. The predicted octanol–water partition coefficient (Wildman–Crippen LogP) is 5.10. The maximum Gasteiger partial charge on any atom is 0.203 e. The zero-order valence-corrected chi connectivity index (χ0v) is 18.1. The summed E-state index contributed by atoms with van der Waals surface area (Å²) in [4.78, 5) is 0. The van der Waals surface area contributed by atoms with Gasteiger partial charge in [0.15, 0.2) is 22.5 Å². The monoisotopic (exact) mass is 431 g/mol. The minimum atomic E-state index is 0.529. The fraction of sp³-hybridized carbons (Fsp3) is 0.238. The Bertz CT molecular complexity index is 982. The van der Waals surface area contributed by atoms with Crippen molar-refractivity contribution < 1.29 is 14.2 Å². The maximum absolute atomic E-state index is 6.28. The second-order valence-electron chi connectivity index (χ2n) is 6.00. The van der Waals surface area contributed by atoms with Crippen molar-refractivity contribution in [3.8, 4) is 28.6 Å². The second kappa shape index (κ2) is 9.71. The second-order valence-corrected chi connectivity index (χ2v) is 7.35. The van der Waals surface area contributed by atoms with Gasteiger partial charge in [0.2, 0.25) is 5.75 Å². The molecule has 0 unspecified atom stereocenters. The fourth-order valence-corrected chi connectivity index (χ4v) is 4.10. The Labute approximate surface area is 179 Å². The average molecular weight is 432 g/mol. The van der Waals surface area contributed by atoms with E-state index in [1.165, 1.54) is 0 Å². The number of halogens is 1. The fourth-order valence-electron chi connectivity index (χ4n) is 2.87. The van der Waals surface area contributed by atoms with Crippen LogP contribution in [0.15, 0.2) is 54.2 Å². The number of methoxy groups -OCH3 is 3. The van der Waals surface area contributed by atoms with Crippen molar-refractivity contribution in [3.63, 3.8) is 0 Å². The third-order valence-corrected chi connectivity index (χ3v) is 5.65. The zero-order valence-electron chi connectivity index (χ0n) is 16.5. The van der Waals surface area contributed by atoms with E-state index >= 15 is 0 Å². The quantitative estimate of drug-likeness (QED) is 0.347. The Kier molecular flexibility index (Phi) is 7.06. The number of nitrogens with zero attached hydrogens (tertiary/aromatic N) is 3. The first kappa shape index (κ1) is 21.1. The molecule has 2 aromatic carbocycles. The first-order valence-electron chi connectivity index (χ1n) is 8.83. The van der Waals surface area contributed by atoms with Crippen molar-refractivity contribution in [2.24, 2.45) is 0 Å². The standard InChI is InChI=1S/C21H22ClN3O3S/c1-5-10-25-20(15-11-17(26-2)19(28-4)18(12-15)27-3)23-24-21(25)29-13-14-8-6-7-9-16(14)22/h5-9,11-12H,1,10,13H2,2-4H3. The molecule has 0 aliphatic heterocycles. The molecule has 0 saturated carbocycles. The van der Waals surface area contributed by atoms with Gasteiger partial charge in [-0.15, -0.1) is 16.8 Å². The Morgan fingerprint density at radius 1 is 1.07 bits per heavy atom. The summed E-state index contributed by atoms with van der Waals surface area (Å²) in [5.41, 5.74) is 1.85. The number of ether oxygens (including phenoxy) is 3. The molecule has 3 rings (SSSR count). The molecule has 1 aromatic heterocycles. The minimum absolute atomic E-state index is 0.529. The van der Waals surface area contributed by atoms with Crippen LogP contribution in [0.3, 0.4) is 0 Å². The summed E-state index contributed by atoms with van der Waals surface area (Å²) < 4.78 is 18.3. The Morgan fingerprint density at radius 3 is 2.34 bits per heavy atom. The van der Waals surface area contributed by atoms with Crippen molar-refractivity contribution in [1.82, 2.24) is 14.8 Å². The van der Waals surface area contributed by atoms with Gasteiger partial charge in [0.25, 0.3) is 0 Å². The van der Waals surface area contributed by atoms with E-state index in [4.69, 9.17) is 25.8 Å². The highest BCUT2D eigenvalue weighted by molar-refractivity contribution is 7.98. The Morgan fingerprint density at radius 2 is 1.76 bits per heavy atom. The van der Waals surface area contributed by atoms with Crippen LogP contribution in [0.1, 0.15) is 5.56 Å². The lowest BCUT2D eigenvalue weighted by Gasteiger charge is -2.14. The normalized spacial score (nSPS) is 10.6. The molecule has 0 radical (unpaired) electrons. The molecular weight excluding hydrogens is 410 g/mol. The van der Waals surface area contributed by atoms with Crippen molar-refractivity contribution in [2.75, 3.05) is 21.3 Å². The van der Waals surface area contributed by atoms with Crippen LogP contribution in [0.4, 0.5) is 0 Å². The molecule has 0 amide bonds. The molecule has 0 saturated heterocycles. The van der Waals surface area contributed by atoms with Crippen LogP contribution >= 0.6 is 23.4 Å². The molecule has 0 bridgehead atoms. The van der Waals surface area contributed by atoms with Crippen LogP contribution in [0.5, 0.6) is 17.2 Å². The van der Waals surface area contributed by atoms with Crippen LogP contribution in [-0.4, -0.2) is 36.1 Å². The van der Waals surface area contributed by atoms with E-state index in [-0.39, 0.29) is 0 Å². The number of hydrogen-bond donors (Lipinski definition) is 0. The van der Waals surface area contributed by atoms with Gasteiger partial charge in [-0.2, -0.15) is 0 Å². The van der Waals surface area contributed by atoms with E-state index in [1.54, 1.807) is 33.1 Å². The Hall–Kier alpha value is -2.64. The molecule has 3 aromatic rings. The van der Waals surface area contributed by atoms with Gasteiger partial charge in [-0.05, 0) is 23.8 Å². The summed E-state index contributed by atoms with van der Waals surface area (Å²) in [5.74, 6) is 3.01. The van der Waals surface area contributed by atoms with Crippen LogP contribution < -0.4 is 14.2 Å². The summed E-state index contributed by atoms with van der Waals surface area (Å²) in [6.07, 6.45) is 1.81. The van der Waals surface area contributed by atoms with E-state index in [1.807, 2.05) is 47.0 Å². The van der Waals surface area contributed by atoms with Crippen molar-refractivity contribution in [3.05, 3.63) is 59.6 Å². The van der Waals surface area contributed by atoms with Gasteiger partial charge in [-0.3, -0.25) is 4.57 Å². The summed E-state index contributed by atoms with van der Waals surface area (Å²) in [7, 11) is 4.74. The lowest BCUT2D eigenvalue weighted by Crippen LogP contribution is -2.02. The van der Waals surface area contributed by atoms with Crippen molar-refractivity contribution in [1.29, 1.82) is 0 Å². The summed E-state index contributed by atoms with van der Waals surface area (Å²) in [6.45, 7) is 4.42. The number of hydrogen-bond acceptors (Lipinski definition) is 6. The summed E-state index contributed by atoms with van der Waals surface area (Å²) in [5, 5.41) is 10.3. The zero-order chi connectivity index (χ0) is 20.8. The topological polar surface area (TPSA) is 58.4 Å². The molecule has 0 N–H and O–H groups in total. The molecule has 29 heavy (non-hydrogen) atoms. The summed E-state index contributed by atoms with van der Waals surface area (Å²) >= 11 is 7.84. The van der Waals surface area contributed by atoms with Gasteiger partial charge in [0, 0.05) is 22.9 Å². The molecule has 6 nitrogen and oxygen atoms in total. The average Bonchev–Trinajstić information content (AvgIpc) is 3.14. The van der Waals surface area contributed by atoms with Crippen LogP contribution in [-0.2, 0) is 12.3 Å². The number of thioether (sulfide) groups is 1. The first-order chi connectivity index (χ1) is 14.1. The summed E-state index contributed by atoms with van der Waals surface area (Å²) in [6, 6.07) is 11.5. The van der Waals surface area contributed by atoms with E-state index in [2.05, 4.69) is 16.8 Å². The lowest BCUT2D eigenvalue weighted by molar-refractivity contribution is 0.324. The van der Waals surface area contributed by atoms with Gasteiger partial charge in [-0.25, -0.2) is 0 Å². The van der Waals surface area contributed by atoms with E-state index in [9.17, 15) is 0 Å². The number of allylic oxidation sites excluding steroid dienone is 1. The molecule has 0 aliphatic rings. The van der Waals surface area contributed by atoms with Gasteiger partial charge < -0.3 is 14.2 Å². The molecule has 0 atom stereocenters. The highest BCUT2D eigenvalue weighted by Gasteiger charge is 2.19. The van der Waals surface area contributed by atoms with Gasteiger partial charge in [0.05, 0.1) is 21.3 Å². The lowest BCUT2D eigenvalue weighted by atomic mass is 10.1. The van der Waals surface area contributed by atoms with E-state index in [0.29, 0.717) is 35.4 Å². The minimum Gasteiger partial charge on any atom is -0.493 e. The molecule has 152 valence electrons. The molecule has 0 aliphatic carbocycles. The number of rotatable bonds is 9. The highest BCUT2D eigenvalue weighted by Crippen LogP contribution is 2.41. The number of aromatic nitrogens is 3. The molecular formula is C21H22ClN3O3S. The largest absolute Gasteiger partial charge is 0.493 e. The molecule has 0 spiro atoms. The third-order valence-electron chi connectivity index (χ3n) is 4.27. The first-order valence-corrected chi connectivity index (χ1v) is 10.2. The van der Waals surface area contributed by atoms with Crippen LogP contribution in [0, 0.1) is 0 Å². The Balaban J connectivity index is 1.98. The van der Waals surface area contributed by atoms with Crippen LogP contribution in [0.2, 0.25) is 5.02 Å². The van der Waals surface area contributed by atoms with Gasteiger partial charge in [0.1, 0.15) is 0 Å². The van der Waals surface area contributed by atoms with Crippen molar-refractivity contribution in [2.45, 2.75) is 17.5 Å². The van der Waals surface area contributed by atoms with Crippen molar-refractivity contribution >= 4 is 23.4 Å². The maximum atomic E-state index is 6.28. The molecule has 1 heterocycles. The predicted molar refractivity (Wildman–Crippen MR) is 116 cm³/mol. The highest BCUT2D eigenvalue weighted by atomic mass is 35.5. The molecule has 0 fully saturated rings. The number of benzene rings is 2. The van der Waals surface area contributed by atoms with Gasteiger partial charge in [-0.1, -0.05) is 47.6 Å². The molecule has 8 heteroatoms. The smallest absolute Gasteiger partial charge is 0.203 e. The van der Waals surface area contributed by atoms with E-state index < -0.39 is 0 Å². The third kappa shape index (κ3) is 4.52. The van der Waals surface area contributed by atoms with Crippen LogP contribution in [0.25, 0.3) is 11.4 Å².